The van der Waals surface area contributed by atoms with Crippen molar-refractivity contribution in [2.45, 2.75) is 12.6 Å². The van der Waals surface area contributed by atoms with Crippen molar-refractivity contribution in [3.63, 3.8) is 0 Å². The molecule has 0 aliphatic carbocycles. The second kappa shape index (κ2) is 10.3. The molecule has 2 aromatic carbocycles. The Balaban J connectivity index is 0.000000640. The van der Waals surface area contributed by atoms with Gasteiger partial charge in [-0.2, -0.15) is 0 Å². The van der Waals surface area contributed by atoms with Gasteiger partial charge >= 0.3 is 5.97 Å². The van der Waals surface area contributed by atoms with Crippen LogP contribution in [-0.4, -0.2) is 25.8 Å². The predicted molar refractivity (Wildman–Crippen MR) is 102 cm³/mol. The molecule has 0 bridgehead atoms. The molecule has 0 saturated heterocycles. The van der Waals surface area contributed by atoms with Crippen molar-refractivity contribution in [2.75, 3.05) is 0 Å². The first-order chi connectivity index (χ1) is 13.3. The highest BCUT2D eigenvalue weighted by atomic mass is 35.5. The van der Waals surface area contributed by atoms with E-state index in [0.29, 0.717) is 22.2 Å². The maximum atomic E-state index is 12.4. The van der Waals surface area contributed by atoms with E-state index in [1.54, 1.807) is 48.9 Å². The molecule has 0 aliphatic rings. The van der Waals surface area contributed by atoms with Crippen LogP contribution in [0.4, 0.5) is 0 Å². The number of aromatic nitrogens is 2. The molecule has 0 spiro atoms. The zero-order valence-corrected chi connectivity index (χ0v) is 15.8. The number of carbonyl (C=O) groups excluding carboxylic acids is 1. The molecular formula is C18H15Cl2N3O5. The molecule has 0 amide bonds. The summed E-state index contributed by atoms with van der Waals surface area (Å²) in [5, 5.41) is 14.8. The monoisotopic (exact) mass is 423 g/mol. The quantitative estimate of drug-likeness (QED) is 0.369. The zero-order valence-electron chi connectivity index (χ0n) is 14.3. The summed E-state index contributed by atoms with van der Waals surface area (Å²) in [7, 11) is 0. The molecule has 0 aliphatic heterocycles. The molecule has 1 unspecified atom stereocenters. The van der Waals surface area contributed by atoms with Crippen LogP contribution in [0.5, 0.6) is 0 Å². The third kappa shape index (κ3) is 6.90. The fourth-order valence-electron chi connectivity index (χ4n) is 2.26. The first-order valence-electron chi connectivity index (χ1n) is 7.86. The Bertz CT molecular complexity index is 896. The van der Waals surface area contributed by atoms with Crippen molar-refractivity contribution in [1.82, 2.24) is 9.55 Å². The lowest BCUT2D eigenvalue weighted by Crippen LogP contribution is -2.16. The highest BCUT2D eigenvalue weighted by Crippen LogP contribution is 2.23. The lowest BCUT2D eigenvalue weighted by Gasteiger charge is -2.19. The molecule has 28 heavy (non-hydrogen) atoms. The molecule has 1 heterocycles. The van der Waals surface area contributed by atoms with E-state index in [0.717, 1.165) is 5.56 Å². The molecule has 3 aromatic rings. The van der Waals surface area contributed by atoms with Gasteiger partial charge in [-0.25, -0.2) is 9.78 Å². The van der Waals surface area contributed by atoms with Gasteiger partial charge in [-0.05, 0) is 42.0 Å². The number of hydrogen-bond donors (Lipinski definition) is 1. The molecule has 146 valence electrons. The smallest absolute Gasteiger partial charge is 0.338 e. The van der Waals surface area contributed by atoms with Crippen LogP contribution in [0.15, 0.2) is 67.3 Å². The van der Waals surface area contributed by atoms with E-state index in [-0.39, 0.29) is 0 Å². The topological polar surface area (TPSA) is 107 Å². The number of halogens is 2. The summed E-state index contributed by atoms with van der Waals surface area (Å²) >= 11 is 11.8. The Morgan fingerprint density at radius 2 is 1.68 bits per heavy atom. The fraction of sp³-hybridized carbons (Fsp3) is 0.111. The molecular weight excluding hydrogens is 409 g/mol. The normalized spacial score (nSPS) is 11.1. The maximum absolute atomic E-state index is 12.4. The van der Waals surface area contributed by atoms with Crippen LogP contribution in [0.2, 0.25) is 10.0 Å². The van der Waals surface area contributed by atoms with Crippen molar-refractivity contribution in [3.05, 3.63) is 98.5 Å². The second-order valence-electron chi connectivity index (χ2n) is 5.45. The number of hydrogen-bond acceptors (Lipinski definition) is 5. The van der Waals surface area contributed by atoms with Crippen LogP contribution in [0.1, 0.15) is 22.0 Å². The summed E-state index contributed by atoms with van der Waals surface area (Å²) in [6, 6.07) is 13.8. The third-order valence-electron chi connectivity index (χ3n) is 3.51. The maximum Gasteiger partial charge on any atom is 0.338 e. The SMILES string of the molecule is O=C(OC(Cn1ccnc1)c1ccc(Cl)cc1)c1ccc(Cl)cc1.O=[N+]([O-])O. The van der Waals surface area contributed by atoms with Gasteiger partial charge in [0.05, 0.1) is 18.4 Å². The van der Waals surface area contributed by atoms with Crippen LogP contribution in [0.3, 0.4) is 0 Å². The van der Waals surface area contributed by atoms with Crippen LogP contribution in [0.25, 0.3) is 0 Å². The minimum atomic E-state index is -1.50. The van der Waals surface area contributed by atoms with Gasteiger partial charge in [0, 0.05) is 22.4 Å². The van der Waals surface area contributed by atoms with Gasteiger partial charge in [0.2, 0.25) is 0 Å². The Morgan fingerprint density at radius 3 is 2.18 bits per heavy atom. The number of esters is 1. The Kier molecular flexibility index (Phi) is 7.79. The van der Waals surface area contributed by atoms with E-state index < -0.39 is 17.2 Å². The largest absolute Gasteiger partial charge is 0.452 e. The number of ether oxygens (including phenoxy) is 1. The molecule has 1 N–H and O–H groups in total. The Morgan fingerprint density at radius 1 is 1.14 bits per heavy atom. The Hall–Kier alpha value is -3.10. The van der Waals surface area contributed by atoms with Crippen LogP contribution >= 0.6 is 23.2 Å². The first-order valence-corrected chi connectivity index (χ1v) is 8.62. The van der Waals surface area contributed by atoms with Gasteiger partial charge in [0.15, 0.2) is 0 Å². The number of carbonyl (C=O) groups is 1. The molecule has 0 fully saturated rings. The van der Waals surface area contributed by atoms with Crippen LogP contribution < -0.4 is 0 Å². The predicted octanol–water partition coefficient (Wildman–Crippen LogP) is 4.44. The van der Waals surface area contributed by atoms with Crippen molar-refractivity contribution in [1.29, 1.82) is 0 Å². The summed E-state index contributed by atoms with van der Waals surface area (Å²) in [6.07, 6.45) is 4.72. The van der Waals surface area contributed by atoms with Gasteiger partial charge in [-0.3, -0.25) is 0 Å². The second-order valence-corrected chi connectivity index (χ2v) is 6.32. The van der Waals surface area contributed by atoms with Gasteiger partial charge in [-0.15, -0.1) is 10.1 Å². The summed E-state index contributed by atoms with van der Waals surface area (Å²) in [5.41, 5.74) is 1.31. The van der Waals surface area contributed by atoms with Crippen molar-refractivity contribution in [2.24, 2.45) is 0 Å². The van der Waals surface area contributed by atoms with Gasteiger partial charge in [0.25, 0.3) is 5.09 Å². The van der Waals surface area contributed by atoms with E-state index in [1.807, 2.05) is 22.9 Å². The summed E-state index contributed by atoms with van der Waals surface area (Å²) in [5.74, 6) is -0.410. The minimum absolute atomic E-state index is 0.410. The van der Waals surface area contributed by atoms with Crippen LogP contribution in [-0.2, 0) is 11.3 Å². The van der Waals surface area contributed by atoms with E-state index in [4.69, 9.17) is 43.3 Å². The van der Waals surface area contributed by atoms with E-state index >= 15 is 0 Å². The number of nitrogens with zero attached hydrogens (tertiary/aromatic N) is 3. The molecule has 10 heteroatoms. The molecule has 1 atom stereocenters. The number of benzene rings is 2. The fourth-order valence-corrected chi connectivity index (χ4v) is 2.51. The van der Waals surface area contributed by atoms with Crippen LogP contribution in [0, 0.1) is 10.1 Å². The summed E-state index contributed by atoms with van der Waals surface area (Å²) in [6.45, 7) is 0.459. The third-order valence-corrected chi connectivity index (χ3v) is 4.01. The number of imidazole rings is 1. The van der Waals surface area contributed by atoms with Crippen molar-refractivity contribution in [3.8, 4) is 0 Å². The number of rotatable bonds is 5. The highest BCUT2D eigenvalue weighted by Gasteiger charge is 2.19. The average Bonchev–Trinajstić information content (AvgIpc) is 3.15. The molecule has 0 saturated carbocycles. The molecule has 1 aromatic heterocycles. The van der Waals surface area contributed by atoms with E-state index in [2.05, 4.69) is 4.98 Å². The van der Waals surface area contributed by atoms with Gasteiger partial charge in [0.1, 0.15) is 6.10 Å². The first kappa shape index (κ1) is 21.2. The van der Waals surface area contributed by atoms with Crippen molar-refractivity contribution < 1.29 is 19.8 Å². The highest BCUT2D eigenvalue weighted by molar-refractivity contribution is 6.30. The summed E-state index contributed by atoms with van der Waals surface area (Å²) in [4.78, 5) is 24.8. The zero-order chi connectivity index (χ0) is 20.5. The molecule has 3 rings (SSSR count). The van der Waals surface area contributed by atoms with Crippen molar-refractivity contribution >= 4 is 29.2 Å². The Labute approximate surface area is 170 Å². The lowest BCUT2D eigenvalue weighted by molar-refractivity contribution is -0.742. The molecule has 0 radical (unpaired) electrons. The van der Waals surface area contributed by atoms with Gasteiger partial charge in [-0.1, -0.05) is 35.3 Å². The summed E-state index contributed by atoms with van der Waals surface area (Å²) < 4.78 is 7.56. The lowest BCUT2D eigenvalue weighted by atomic mass is 10.1. The van der Waals surface area contributed by atoms with E-state index in [9.17, 15) is 4.79 Å². The van der Waals surface area contributed by atoms with Gasteiger partial charge < -0.3 is 14.5 Å². The average molecular weight is 424 g/mol. The minimum Gasteiger partial charge on any atom is -0.452 e. The van der Waals surface area contributed by atoms with E-state index in [1.165, 1.54) is 0 Å². The standard InChI is InChI=1S/C18H14Cl2N2O2.HNO3/c19-15-5-1-13(2-6-15)17(11-22-10-9-21-12-22)24-18(23)14-3-7-16(20)8-4-14;2-1(3)4/h1-10,12,17H,11H2;(H,2,3,4). The molecule has 8 nitrogen and oxygen atoms in total.